The minimum atomic E-state index is -0.0929. The van der Waals surface area contributed by atoms with Crippen molar-refractivity contribution in [3.8, 4) is 33.0 Å². The summed E-state index contributed by atoms with van der Waals surface area (Å²) in [7, 11) is 3.48. The molecular formula is C24H25N5O2S. The van der Waals surface area contributed by atoms with Crippen molar-refractivity contribution in [2.75, 3.05) is 14.1 Å². The molecule has 1 aliphatic rings. The molecule has 0 bridgehead atoms. The number of fused-ring (bicyclic) bond motifs is 1. The lowest BCUT2D eigenvalue weighted by Gasteiger charge is -2.18. The largest absolute Gasteiger partial charge is 0.490 e. The smallest absolute Gasteiger partial charge is 0.317 e. The summed E-state index contributed by atoms with van der Waals surface area (Å²) in [5.74, 6) is 0.572. The lowest BCUT2D eigenvalue weighted by atomic mass is 10.0. The van der Waals surface area contributed by atoms with E-state index in [1.807, 2.05) is 32.0 Å². The Balaban J connectivity index is 1.62. The van der Waals surface area contributed by atoms with Crippen molar-refractivity contribution in [2.24, 2.45) is 0 Å². The highest BCUT2D eigenvalue weighted by atomic mass is 32.1. The first kappa shape index (κ1) is 21.8. The Kier molecular flexibility index (Phi) is 6.10. The third-order valence-electron chi connectivity index (χ3n) is 5.34. The number of ether oxygens (including phenoxy) is 1. The monoisotopic (exact) mass is 447 g/mol. The molecule has 8 heteroatoms. The van der Waals surface area contributed by atoms with Crippen LogP contribution < -0.4 is 10.1 Å². The van der Waals surface area contributed by atoms with Gasteiger partial charge in [0.15, 0.2) is 0 Å². The maximum atomic E-state index is 12.1. The summed E-state index contributed by atoms with van der Waals surface area (Å²) in [5, 5.41) is 23.0. The molecule has 164 valence electrons. The van der Waals surface area contributed by atoms with Crippen molar-refractivity contribution in [3.05, 3.63) is 53.1 Å². The van der Waals surface area contributed by atoms with E-state index in [9.17, 15) is 10.1 Å². The Morgan fingerprint density at radius 2 is 2.03 bits per heavy atom. The molecule has 7 nitrogen and oxygen atoms in total. The van der Waals surface area contributed by atoms with Crippen molar-refractivity contribution < 1.29 is 9.53 Å². The maximum Gasteiger partial charge on any atom is 0.317 e. The van der Waals surface area contributed by atoms with Crippen molar-refractivity contribution in [3.63, 3.8) is 0 Å². The maximum absolute atomic E-state index is 12.1. The van der Waals surface area contributed by atoms with Crippen molar-refractivity contribution in [1.82, 2.24) is 20.4 Å². The zero-order valence-electron chi connectivity index (χ0n) is 18.5. The number of nitriles is 1. The van der Waals surface area contributed by atoms with Crippen LogP contribution >= 0.6 is 11.3 Å². The second-order valence-electron chi connectivity index (χ2n) is 8.21. The molecule has 0 unspecified atom stereocenters. The molecule has 1 atom stereocenters. The van der Waals surface area contributed by atoms with Crippen molar-refractivity contribution in [2.45, 2.75) is 38.8 Å². The number of aromatic nitrogens is 2. The van der Waals surface area contributed by atoms with Gasteiger partial charge in [-0.3, -0.25) is 0 Å². The molecule has 2 aromatic carbocycles. The fraction of sp³-hybridized carbons (Fsp3) is 0.333. The van der Waals surface area contributed by atoms with E-state index in [2.05, 4.69) is 33.7 Å². The predicted octanol–water partition coefficient (Wildman–Crippen LogP) is 4.79. The third-order valence-corrected chi connectivity index (χ3v) is 6.35. The number of hydrogen-bond acceptors (Lipinski definition) is 6. The van der Waals surface area contributed by atoms with E-state index in [0.29, 0.717) is 11.3 Å². The van der Waals surface area contributed by atoms with Gasteiger partial charge in [0.2, 0.25) is 0 Å². The molecule has 0 saturated heterocycles. The van der Waals surface area contributed by atoms with Crippen LogP contribution in [0.25, 0.3) is 21.1 Å². The molecule has 0 saturated carbocycles. The number of nitrogens with one attached hydrogen (secondary N) is 1. The van der Waals surface area contributed by atoms with E-state index in [4.69, 9.17) is 4.74 Å². The Morgan fingerprint density at radius 1 is 1.25 bits per heavy atom. The van der Waals surface area contributed by atoms with E-state index in [1.54, 1.807) is 25.1 Å². The van der Waals surface area contributed by atoms with Crippen molar-refractivity contribution in [1.29, 1.82) is 5.26 Å². The van der Waals surface area contributed by atoms with E-state index in [0.717, 1.165) is 39.5 Å². The minimum Gasteiger partial charge on any atom is -0.490 e. The summed E-state index contributed by atoms with van der Waals surface area (Å²) in [6.07, 6.45) is 1.73. The van der Waals surface area contributed by atoms with Crippen LogP contribution in [0.1, 0.15) is 43.0 Å². The topological polar surface area (TPSA) is 91.1 Å². The van der Waals surface area contributed by atoms with E-state index >= 15 is 0 Å². The highest BCUT2D eigenvalue weighted by Gasteiger charge is 2.27. The summed E-state index contributed by atoms with van der Waals surface area (Å²) in [6.45, 7) is 3.86. The Bertz CT molecular complexity index is 1200. The van der Waals surface area contributed by atoms with Gasteiger partial charge in [-0.05, 0) is 56.0 Å². The number of hydrogen-bond donors (Lipinski definition) is 1. The molecule has 1 N–H and O–H groups in total. The highest BCUT2D eigenvalue weighted by molar-refractivity contribution is 7.17. The van der Waals surface area contributed by atoms with Crippen LogP contribution in [0.2, 0.25) is 0 Å². The Morgan fingerprint density at radius 3 is 2.75 bits per heavy atom. The first-order valence-corrected chi connectivity index (χ1v) is 11.3. The first-order valence-electron chi connectivity index (χ1n) is 10.5. The lowest BCUT2D eigenvalue weighted by molar-refractivity contribution is 0.213. The highest BCUT2D eigenvalue weighted by Crippen LogP contribution is 2.40. The summed E-state index contributed by atoms with van der Waals surface area (Å²) in [6, 6.07) is 13.8. The SMILES string of the molecule is CC(C)Oc1ccc(-c2nnc(-c3cccc4c3CC[C@@H]4NC(=O)N(C)C)s2)cc1C#N. The molecule has 0 aliphatic heterocycles. The number of amides is 2. The van der Waals surface area contributed by atoms with Gasteiger partial charge in [0.1, 0.15) is 21.8 Å². The first-order chi connectivity index (χ1) is 15.4. The molecule has 0 spiro atoms. The molecule has 32 heavy (non-hydrogen) atoms. The zero-order chi connectivity index (χ0) is 22.8. The van der Waals surface area contributed by atoms with Crippen LogP contribution in [0.15, 0.2) is 36.4 Å². The zero-order valence-corrected chi connectivity index (χ0v) is 19.4. The molecule has 0 fully saturated rings. The molecule has 3 aromatic rings. The second-order valence-corrected chi connectivity index (χ2v) is 9.19. The minimum absolute atomic E-state index is 0.000991. The van der Waals surface area contributed by atoms with Crippen LogP contribution in [-0.4, -0.2) is 41.3 Å². The summed E-state index contributed by atoms with van der Waals surface area (Å²) in [4.78, 5) is 13.7. The number of benzene rings is 2. The Hall–Kier alpha value is -3.44. The van der Waals surface area contributed by atoms with Gasteiger partial charge in [-0.1, -0.05) is 29.5 Å². The van der Waals surface area contributed by atoms with Gasteiger partial charge < -0.3 is 15.0 Å². The second kappa shape index (κ2) is 8.97. The predicted molar refractivity (Wildman–Crippen MR) is 125 cm³/mol. The average Bonchev–Trinajstić information content (AvgIpc) is 3.41. The molecule has 0 radical (unpaired) electrons. The van der Waals surface area contributed by atoms with Crippen LogP contribution in [-0.2, 0) is 6.42 Å². The molecule has 2 amide bonds. The van der Waals surface area contributed by atoms with Crippen LogP contribution in [0.4, 0.5) is 4.79 Å². The number of carbonyl (C=O) groups excluding carboxylic acids is 1. The van der Waals surface area contributed by atoms with Gasteiger partial charge >= 0.3 is 6.03 Å². The molecule has 1 aromatic heterocycles. The number of nitrogens with zero attached hydrogens (tertiary/aromatic N) is 4. The van der Waals surface area contributed by atoms with E-state index < -0.39 is 0 Å². The standard InChI is InChI=1S/C24H25N5O2S/c1-14(2)31-21-11-8-15(12-16(21)13-25)22-27-28-23(32-22)19-7-5-6-18-17(19)9-10-20(18)26-24(30)29(3)4/h5-8,11-12,14,20H,9-10H2,1-4H3,(H,26,30)/t20-/m0/s1. The number of rotatable bonds is 5. The van der Waals surface area contributed by atoms with E-state index in [1.165, 1.54) is 16.9 Å². The third kappa shape index (κ3) is 4.30. The van der Waals surface area contributed by atoms with Gasteiger partial charge in [-0.15, -0.1) is 10.2 Å². The fourth-order valence-corrected chi connectivity index (χ4v) is 4.73. The molecule has 4 rings (SSSR count). The van der Waals surface area contributed by atoms with Crippen LogP contribution in [0.5, 0.6) is 5.75 Å². The number of carbonyl (C=O) groups is 1. The quantitative estimate of drug-likeness (QED) is 0.607. The van der Waals surface area contributed by atoms with Gasteiger partial charge in [-0.25, -0.2) is 4.79 Å². The van der Waals surface area contributed by atoms with Gasteiger partial charge in [-0.2, -0.15) is 5.26 Å². The lowest BCUT2D eigenvalue weighted by Crippen LogP contribution is -2.36. The van der Waals surface area contributed by atoms with Gasteiger partial charge in [0.25, 0.3) is 0 Å². The Labute approximate surface area is 191 Å². The summed E-state index contributed by atoms with van der Waals surface area (Å²) < 4.78 is 5.72. The van der Waals surface area contributed by atoms with Crippen LogP contribution in [0.3, 0.4) is 0 Å². The van der Waals surface area contributed by atoms with Gasteiger partial charge in [0.05, 0.1) is 17.7 Å². The summed E-state index contributed by atoms with van der Waals surface area (Å²) >= 11 is 1.50. The van der Waals surface area contributed by atoms with E-state index in [-0.39, 0.29) is 18.2 Å². The normalized spacial score (nSPS) is 14.7. The average molecular weight is 448 g/mol. The van der Waals surface area contributed by atoms with Crippen molar-refractivity contribution >= 4 is 17.4 Å². The molecule has 1 aliphatic carbocycles. The molecular weight excluding hydrogens is 422 g/mol. The van der Waals surface area contributed by atoms with Crippen LogP contribution in [0, 0.1) is 11.3 Å². The molecule has 1 heterocycles. The summed E-state index contributed by atoms with van der Waals surface area (Å²) in [5.41, 5.74) is 4.71. The van der Waals surface area contributed by atoms with Gasteiger partial charge in [0, 0.05) is 25.2 Å². The number of urea groups is 1. The fourth-order valence-electron chi connectivity index (χ4n) is 3.84.